The fraction of sp³-hybridized carbons (Fsp3) is 0.211. The summed E-state index contributed by atoms with van der Waals surface area (Å²) in [5, 5.41) is 0.592. The minimum atomic E-state index is -0.924. The van der Waals surface area contributed by atoms with Gasteiger partial charge >= 0.3 is 5.97 Å². The van der Waals surface area contributed by atoms with Crippen LogP contribution in [0.3, 0.4) is 0 Å². The molecule has 0 amide bonds. The zero-order valence-electron chi connectivity index (χ0n) is 14.1. The number of esters is 1. The fourth-order valence-corrected chi connectivity index (χ4v) is 2.58. The predicted octanol–water partition coefficient (Wildman–Crippen LogP) is 4.39. The molecule has 26 heavy (non-hydrogen) atoms. The van der Waals surface area contributed by atoms with Gasteiger partial charge in [0.15, 0.2) is 18.5 Å². The molecule has 0 saturated carbocycles. The van der Waals surface area contributed by atoms with E-state index in [-0.39, 0.29) is 16.4 Å². The molecule has 0 aliphatic heterocycles. The number of ketones is 2. The third-order valence-electron chi connectivity index (χ3n) is 3.48. The summed E-state index contributed by atoms with van der Waals surface area (Å²) in [6.45, 7) is 2.50. The van der Waals surface area contributed by atoms with E-state index >= 15 is 0 Å². The first-order valence-electron chi connectivity index (χ1n) is 7.70. The van der Waals surface area contributed by atoms with Gasteiger partial charge in [0.2, 0.25) is 5.78 Å². The number of hydrogen-bond donors (Lipinski definition) is 0. The Hall–Kier alpha value is -2.37. The van der Waals surface area contributed by atoms with Crippen LogP contribution in [-0.4, -0.2) is 30.2 Å². The van der Waals surface area contributed by atoms with Crippen molar-refractivity contribution in [1.29, 1.82) is 0 Å². The van der Waals surface area contributed by atoms with Crippen molar-refractivity contribution in [3.05, 3.63) is 63.6 Å². The second-order valence-electron chi connectivity index (χ2n) is 5.50. The van der Waals surface area contributed by atoms with Gasteiger partial charge < -0.3 is 9.47 Å². The zero-order chi connectivity index (χ0) is 19.3. The van der Waals surface area contributed by atoms with E-state index in [9.17, 15) is 14.4 Å². The lowest BCUT2D eigenvalue weighted by molar-refractivity contribution is -0.149. The molecule has 0 aliphatic rings. The number of ether oxygens (including phenoxy) is 2. The number of halogens is 2. The summed E-state index contributed by atoms with van der Waals surface area (Å²) < 4.78 is 10.4. The van der Waals surface area contributed by atoms with Crippen molar-refractivity contribution < 1.29 is 23.9 Å². The van der Waals surface area contributed by atoms with E-state index in [0.717, 1.165) is 0 Å². The van der Waals surface area contributed by atoms with Gasteiger partial charge in [-0.2, -0.15) is 0 Å². The second kappa shape index (κ2) is 8.83. The van der Waals surface area contributed by atoms with Crippen molar-refractivity contribution in [3.63, 3.8) is 0 Å². The van der Waals surface area contributed by atoms with Gasteiger partial charge in [0.05, 0.1) is 5.02 Å². The van der Waals surface area contributed by atoms with Crippen LogP contribution in [-0.2, 0) is 9.53 Å². The molecule has 136 valence electrons. The van der Waals surface area contributed by atoms with Crippen LogP contribution in [0.15, 0.2) is 42.5 Å². The van der Waals surface area contributed by atoms with Gasteiger partial charge in [-0.3, -0.25) is 9.59 Å². The summed E-state index contributed by atoms with van der Waals surface area (Å²) in [7, 11) is 0. The highest BCUT2D eigenvalue weighted by atomic mass is 35.5. The van der Waals surface area contributed by atoms with Crippen LogP contribution in [0.2, 0.25) is 10.0 Å². The second-order valence-corrected chi connectivity index (χ2v) is 6.34. The Balaban J connectivity index is 1.90. The molecule has 0 fully saturated rings. The summed E-state index contributed by atoms with van der Waals surface area (Å²) in [4.78, 5) is 35.3. The van der Waals surface area contributed by atoms with Gasteiger partial charge in [0, 0.05) is 16.1 Å². The van der Waals surface area contributed by atoms with Gasteiger partial charge in [0.25, 0.3) is 0 Å². The van der Waals surface area contributed by atoms with Crippen molar-refractivity contribution in [2.45, 2.75) is 20.0 Å². The number of benzene rings is 2. The van der Waals surface area contributed by atoms with Crippen molar-refractivity contribution in [2.24, 2.45) is 0 Å². The first-order valence-corrected chi connectivity index (χ1v) is 8.46. The van der Waals surface area contributed by atoms with E-state index in [2.05, 4.69) is 0 Å². The Kier molecular flexibility index (Phi) is 6.77. The molecule has 0 bridgehead atoms. The molecule has 0 saturated heterocycles. The average Bonchev–Trinajstić information content (AvgIpc) is 2.59. The van der Waals surface area contributed by atoms with E-state index in [1.807, 2.05) is 0 Å². The molecule has 0 radical (unpaired) electrons. The highest BCUT2D eigenvalue weighted by molar-refractivity contribution is 6.36. The summed E-state index contributed by atoms with van der Waals surface area (Å²) in [5.74, 6) is -0.799. The molecular formula is C19H16Cl2O5. The summed E-state index contributed by atoms with van der Waals surface area (Å²) >= 11 is 11.7. The summed E-state index contributed by atoms with van der Waals surface area (Å²) in [6.07, 6.45) is -0.924. The smallest absolute Gasteiger partial charge is 0.347 e. The summed E-state index contributed by atoms with van der Waals surface area (Å²) in [5.41, 5.74) is 0.760. The van der Waals surface area contributed by atoms with Crippen LogP contribution in [0.5, 0.6) is 5.75 Å². The maximum absolute atomic E-state index is 12.1. The maximum atomic E-state index is 12.1. The van der Waals surface area contributed by atoms with Crippen LogP contribution in [0.4, 0.5) is 0 Å². The lowest BCUT2D eigenvalue weighted by Gasteiger charge is -2.14. The van der Waals surface area contributed by atoms with Gasteiger partial charge in [-0.05, 0) is 56.3 Å². The Labute approximate surface area is 160 Å². The van der Waals surface area contributed by atoms with E-state index in [0.29, 0.717) is 16.3 Å². The molecule has 0 heterocycles. The highest BCUT2D eigenvalue weighted by Gasteiger charge is 2.19. The van der Waals surface area contributed by atoms with Crippen LogP contribution >= 0.6 is 23.2 Å². The molecule has 2 rings (SSSR count). The monoisotopic (exact) mass is 394 g/mol. The minimum absolute atomic E-state index is 0.0663. The Bertz CT molecular complexity index is 830. The largest absolute Gasteiger partial charge is 0.479 e. The van der Waals surface area contributed by atoms with Gasteiger partial charge in [-0.1, -0.05) is 23.2 Å². The number of Topliss-reactive ketones (excluding diaryl/α,β-unsaturated/α-hetero) is 2. The quantitative estimate of drug-likeness (QED) is 0.514. The molecular weight excluding hydrogens is 379 g/mol. The molecule has 7 heteroatoms. The van der Waals surface area contributed by atoms with Crippen molar-refractivity contribution >= 4 is 40.7 Å². The Morgan fingerprint density at radius 2 is 1.69 bits per heavy atom. The van der Waals surface area contributed by atoms with Gasteiger partial charge in [-0.15, -0.1) is 0 Å². The lowest BCUT2D eigenvalue weighted by Crippen LogP contribution is -2.28. The molecule has 2 aromatic rings. The van der Waals surface area contributed by atoms with E-state index in [4.69, 9.17) is 32.7 Å². The average molecular weight is 395 g/mol. The van der Waals surface area contributed by atoms with Crippen LogP contribution < -0.4 is 4.74 Å². The van der Waals surface area contributed by atoms with Gasteiger partial charge in [0.1, 0.15) is 5.75 Å². The first kappa shape index (κ1) is 19.9. The Morgan fingerprint density at radius 1 is 1.04 bits per heavy atom. The topological polar surface area (TPSA) is 69.7 Å². The number of carbonyl (C=O) groups excluding carboxylic acids is 3. The van der Waals surface area contributed by atoms with Crippen molar-refractivity contribution in [2.75, 3.05) is 6.61 Å². The van der Waals surface area contributed by atoms with Crippen LogP contribution in [0.1, 0.15) is 34.6 Å². The maximum Gasteiger partial charge on any atom is 0.347 e. The zero-order valence-corrected chi connectivity index (χ0v) is 15.6. The lowest BCUT2D eigenvalue weighted by atomic mass is 10.1. The molecule has 0 aromatic heterocycles. The van der Waals surface area contributed by atoms with E-state index in [1.165, 1.54) is 32.0 Å². The molecule has 0 N–H and O–H groups in total. The number of rotatable bonds is 7. The third kappa shape index (κ3) is 5.31. The molecule has 1 atom stereocenters. The minimum Gasteiger partial charge on any atom is -0.479 e. The first-order chi connectivity index (χ1) is 12.3. The molecule has 1 unspecified atom stereocenters. The number of hydrogen-bond acceptors (Lipinski definition) is 5. The van der Waals surface area contributed by atoms with Gasteiger partial charge in [-0.25, -0.2) is 4.79 Å². The third-order valence-corrected chi connectivity index (χ3v) is 4.03. The highest BCUT2D eigenvalue weighted by Crippen LogP contribution is 2.21. The van der Waals surface area contributed by atoms with Crippen LogP contribution in [0.25, 0.3) is 0 Å². The van der Waals surface area contributed by atoms with E-state index < -0.39 is 24.5 Å². The molecule has 0 aliphatic carbocycles. The van der Waals surface area contributed by atoms with Crippen LogP contribution in [0, 0.1) is 0 Å². The number of carbonyl (C=O) groups is 3. The fourth-order valence-electron chi connectivity index (χ4n) is 2.07. The molecule has 5 nitrogen and oxygen atoms in total. The standard InChI is InChI=1S/C19H16Cl2O5/c1-11(22)13-3-6-15(7-4-13)26-12(2)19(24)25-10-18(23)16-8-5-14(20)9-17(16)21/h3-9,12H,10H2,1-2H3. The van der Waals surface area contributed by atoms with Crippen molar-refractivity contribution in [1.82, 2.24) is 0 Å². The van der Waals surface area contributed by atoms with E-state index in [1.54, 1.807) is 24.3 Å². The molecule has 2 aromatic carbocycles. The SMILES string of the molecule is CC(=O)c1ccc(OC(C)C(=O)OCC(=O)c2ccc(Cl)cc2Cl)cc1. The molecule has 0 spiro atoms. The van der Waals surface area contributed by atoms with Crippen molar-refractivity contribution in [3.8, 4) is 5.75 Å². The summed E-state index contributed by atoms with van der Waals surface area (Å²) in [6, 6.07) is 10.8. The normalized spacial score (nSPS) is 11.5. The Morgan fingerprint density at radius 3 is 2.27 bits per heavy atom. The predicted molar refractivity (Wildman–Crippen MR) is 98.3 cm³/mol.